The standard InChI is InChI=1S/C15H10F3N5O2/c16-15(17,18)10-3-6-12(19-7-10)25-11-4-1-9(2-5-11)13(24)22-14-20-8-21-23-14/h1-8H,(H2,20,21,22,23,24). The molecule has 0 aliphatic rings. The van der Waals surface area contributed by atoms with E-state index in [1.165, 1.54) is 30.6 Å². The van der Waals surface area contributed by atoms with Crippen molar-refractivity contribution < 1.29 is 22.7 Å². The van der Waals surface area contributed by atoms with Crippen LogP contribution in [-0.4, -0.2) is 26.1 Å². The maximum Gasteiger partial charge on any atom is 0.417 e. The minimum absolute atomic E-state index is 0.00635. The monoisotopic (exact) mass is 349 g/mol. The summed E-state index contributed by atoms with van der Waals surface area (Å²) in [7, 11) is 0. The van der Waals surface area contributed by atoms with Gasteiger partial charge in [0.05, 0.1) is 5.56 Å². The molecule has 0 saturated heterocycles. The van der Waals surface area contributed by atoms with Gasteiger partial charge < -0.3 is 4.74 Å². The van der Waals surface area contributed by atoms with Crippen molar-refractivity contribution in [1.29, 1.82) is 0 Å². The summed E-state index contributed by atoms with van der Waals surface area (Å²) in [5.41, 5.74) is -0.525. The molecule has 0 radical (unpaired) electrons. The lowest BCUT2D eigenvalue weighted by Crippen LogP contribution is -2.12. The Balaban J connectivity index is 1.65. The Labute approximate surface area is 138 Å². The fourth-order valence-electron chi connectivity index (χ4n) is 1.85. The van der Waals surface area contributed by atoms with Gasteiger partial charge in [-0.1, -0.05) is 0 Å². The molecule has 0 aliphatic carbocycles. The molecule has 128 valence electrons. The topological polar surface area (TPSA) is 92.8 Å². The van der Waals surface area contributed by atoms with Gasteiger partial charge in [0.25, 0.3) is 5.91 Å². The predicted octanol–water partition coefficient (Wildman–Crippen LogP) is 3.26. The minimum Gasteiger partial charge on any atom is -0.439 e. The van der Waals surface area contributed by atoms with Crippen molar-refractivity contribution in [2.45, 2.75) is 6.18 Å². The van der Waals surface area contributed by atoms with Gasteiger partial charge >= 0.3 is 6.18 Å². The van der Waals surface area contributed by atoms with Crippen LogP contribution in [-0.2, 0) is 6.18 Å². The van der Waals surface area contributed by atoms with Crippen molar-refractivity contribution in [3.8, 4) is 11.6 Å². The van der Waals surface area contributed by atoms with E-state index in [1.807, 2.05) is 0 Å². The zero-order valence-electron chi connectivity index (χ0n) is 12.4. The number of pyridine rings is 1. The third kappa shape index (κ3) is 4.10. The van der Waals surface area contributed by atoms with E-state index in [0.717, 1.165) is 12.1 Å². The zero-order chi connectivity index (χ0) is 17.9. The Bertz CT molecular complexity index is 846. The molecule has 0 aliphatic heterocycles. The van der Waals surface area contributed by atoms with Gasteiger partial charge in [-0.05, 0) is 30.3 Å². The molecule has 3 rings (SSSR count). The number of halogens is 3. The molecule has 0 saturated carbocycles. The quantitative estimate of drug-likeness (QED) is 0.754. The molecule has 1 amide bonds. The Morgan fingerprint density at radius 1 is 1.08 bits per heavy atom. The number of ether oxygens (including phenoxy) is 1. The molecule has 1 aromatic carbocycles. The molecule has 7 nitrogen and oxygen atoms in total. The summed E-state index contributed by atoms with van der Waals surface area (Å²) >= 11 is 0. The van der Waals surface area contributed by atoms with E-state index in [-0.39, 0.29) is 11.8 Å². The maximum absolute atomic E-state index is 12.5. The number of benzene rings is 1. The molecular formula is C15H10F3N5O2. The number of H-pyrrole nitrogens is 1. The zero-order valence-corrected chi connectivity index (χ0v) is 12.4. The number of alkyl halides is 3. The Morgan fingerprint density at radius 3 is 2.40 bits per heavy atom. The first-order valence-electron chi connectivity index (χ1n) is 6.90. The minimum atomic E-state index is -4.45. The van der Waals surface area contributed by atoms with E-state index >= 15 is 0 Å². The van der Waals surface area contributed by atoms with Gasteiger partial charge in [0.15, 0.2) is 0 Å². The Hall–Kier alpha value is -3.43. The summed E-state index contributed by atoms with van der Waals surface area (Å²) in [4.78, 5) is 19.3. The van der Waals surface area contributed by atoms with Crippen molar-refractivity contribution in [3.63, 3.8) is 0 Å². The van der Waals surface area contributed by atoms with Crippen LogP contribution in [0.15, 0.2) is 48.9 Å². The van der Waals surface area contributed by atoms with Crippen LogP contribution < -0.4 is 10.1 Å². The maximum atomic E-state index is 12.5. The number of aromatic amines is 1. The molecule has 2 N–H and O–H groups in total. The summed E-state index contributed by atoms with van der Waals surface area (Å²) in [6, 6.07) is 7.97. The second-order valence-corrected chi connectivity index (χ2v) is 4.80. The predicted molar refractivity (Wildman–Crippen MR) is 80.1 cm³/mol. The van der Waals surface area contributed by atoms with Gasteiger partial charge in [-0.15, -0.1) is 0 Å². The van der Waals surface area contributed by atoms with Gasteiger partial charge in [0.1, 0.15) is 12.1 Å². The molecule has 0 unspecified atom stereocenters. The van der Waals surface area contributed by atoms with Crippen molar-refractivity contribution >= 4 is 11.9 Å². The van der Waals surface area contributed by atoms with Crippen LogP contribution in [0.3, 0.4) is 0 Å². The SMILES string of the molecule is O=C(Nc1ncn[nH]1)c1ccc(Oc2ccc(C(F)(F)F)cn2)cc1. The summed E-state index contributed by atoms with van der Waals surface area (Å²) < 4.78 is 42.8. The number of nitrogens with one attached hydrogen (secondary N) is 2. The first-order valence-corrected chi connectivity index (χ1v) is 6.90. The molecule has 2 heterocycles. The first kappa shape index (κ1) is 16.4. The lowest BCUT2D eigenvalue weighted by Gasteiger charge is -2.08. The summed E-state index contributed by atoms with van der Waals surface area (Å²) in [5, 5.41) is 8.59. The first-order chi connectivity index (χ1) is 11.9. The highest BCUT2D eigenvalue weighted by molar-refractivity contribution is 6.03. The molecule has 10 heteroatoms. The number of aromatic nitrogens is 4. The lowest BCUT2D eigenvalue weighted by atomic mass is 10.2. The molecule has 0 atom stereocenters. The number of nitrogens with zero attached hydrogens (tertiary/aromatic N) is 3. The molecule has 25 heavy (non-hydrogen) atoms. The van der Waals surface area contributed by atoms with Gasteiger partial charge in [0, 0.05) is 17.8 Å². The highest BCUT2D eigenvalue weighted by Crippen LogP contribution is 2.30. The van der Waals surface area contributed by atoms with Crippen LogP contribution in [0.1, 0.15) is 15.9 Å². The molecule has 3 aromatic rings. The van der Waals surface area contributed by atoms with E-state index in [4.69, 9.17) is 4.74 Å². The molecular weight excluding hydrogens is 339 g/mol. The molecule has 2 aromatic heterocycles. The van der Waals surface area contributed by atoms with Gasteiger partial charge in [-0.2, -0.15) is 23.3 Å². The number of rotatable bonds is 4. The largest absolute Gasteiger partial charge is 0.439 e. The van der Waals surface area contributed by atoms with E-state index in [1.54, 1.807) is 0 Å². The number of anilines is 1. The highest BCUT2D eigenvalue weighted by atomic mass is 19.4. The van der Waals surface area contributed by atoms with Gasteiger partial charge in [-0.3, -0.25) is 10.1 Å². The van der Waals surface area contributed by atoms with Crippen molar-refractivity contribution in [2.24, 2.45) is 0 Å². The van der Waals surface area contributed by atoms with Crippen molar-refractivity contribution in [3.05, 3.63) is 60.0 Å². The lowest BCUT2D eigenvalue weighted by molar-refractivity contribution is -0.137. The van der Waals surface area contributed by atoms with E-state index < -0.39 is 17.6 Å². The highest BCUT2D eigenvalue weighted by Gasteiger charge is 2.30. The normalized spacial score (nSPS) is 11.2. The fourth-order valence-corrected chi connectivity index (χ4v) is 1.85. The summed E-state index contributed by atoms with van der Waals surface area (Å²) in [6.07, 6.45) is -2.51. The van der Waals surface area contributed by atoms with Crippen LogP contribution in [0, 0.1) is 0 Å². The van der Waals surface area contributed by atoms with E-state index in [9.17, 15) is 18.0 Å². The van der Waals surface area contributed by atoms with E-state index in [0.29, 0.717) is 17.5 Å². The number of carbonyl (C=O) groups is 1. The van der Waals surface area contributed by atoms with Crippen molar-refractivity contribution in [1.82, 2.24) is 20.2 Å². The van der Waals surface area contributed by atoms with Crippen LogP contribution in [0.4, 0.5) is 19.1 Å². The van der Waals surface area contributed by atoms with Gasteiger partial charge in [0.2, 0.25) is 11.8 Å². The smallest absolute Gasteiger partial charge is 0.417 e. The van der Waals surface area contributed by atoms with Crippen LogP contribution in [0.2, 0.25) is 0 Å². The Morgan fingerprint density at radius 2 is 1.84 bits per heavy atom. The van der Waals surface area contributed by atoms with Crippen LogP contribution >= 0.6 is 0 Å². The number of hydrogen-bond acceptors (Lipinski definition) is 5. The molecule has 0 fully saturated rings. The second-order valence-electron chi connectivity index (χ2n) is 4.80. The summed E-state index contributed by atoms with van der Waals surface area (Å²) in [6.45, 7) is 0. The third-order valence-electron chi connectivity index (χ3n) is 3.05. The van der Waals surface area contributed by atoms with E-state index in [2.05, 4.69) is 25.5 Å². The third-order valence-corrected chi connectivity index (χ3v) is 3.05. The molecule has 0 bridgehead atoms. The second kappa shape index (κ2) is 6.59. The van der Waals surface area contributed by atoms with Crippen LogP contribution in [0.25, 0.3) is 0 Å². The average Bonchev–Trinajstić information content (AvgIpc) is 3.08. The van der Waals surface area contributed by atoms with Gasteiger partial charge in [-0.25, -0.2) is 10.1 Å². The number of amides is 1. The Kier molecular flexibility index (Phi) is 4.33. The number of hydrogen-bond donors (Lipinski definition) is 2. The van der Waals surface area contributed by atoms with Crippen molar-refractivity contribution in [2.75, 3.05) is 5.32 Å². The average molecular weight is 349 g/mol. The summed E-state index contributed by atoms with van der Waals surface area (Å²) in [5.74, 6) is 0.130. The fraction of sp³-hybridized carbons (Fsp3) is 0.0667. The molecule has 0 spiro atoms. The number of carbonyl (C=O) groups excluding carboxylic acids is 1. The van der Waals surface area contributed by atoms with Crippen LogP contribution in [0.5, 0.6) is 11.6 Å².